The topological polar surface area (TPSA) is 68.5 Å². The van der Waals surface area contributed by atoms with Gasteiger partial charge < -0.3 is 10.1 Å². The SMILES string of the molecule is C=Cc1c(-c2ccccc2)nc2nc(-c3ccc(C4(NC(=O)OC(C)(C)C)CCC4)cc3)c(-c3ccccc3)cn12. The van der Waals surface area contributed by atoms with Crippen molar-refractivity contribution in [2.24, 2.45) is 0 Å². The van der Waals surface area contributed by atoms with Crippen molar-refractivity contribution < 1.29 is 9.53 Å². The van der Waals surface area contributed by atoms with Gasteiger partial charge in [0, 0.05) is 22.9 Å². The van der Waals surface area contributed by atoms with Crippen LogP contribution in [0.5, 0.6) is 0 Å². The maximum absolute atomic E-state index is 12.7. The van der Waals surface area contributed by atoms with E-state index in [0.29, 0.717) is 5.78 Å². The highest BCUT2D eigenvalue weighted by atomic mass is 16.6. The molecule has 6 nitrogen and oxygen atoms in total. The third-order valence-corrected chi connectivity index (χ3v) is 7.64. The van der Waals surface area contributed by atoms with E-state index in [1.807, 2.05) is 79.8 Å². The normalized spacial score (nSPS) is 14.3. The number of aromatic nitrogens is 3. The molecule has 0 aliphatic heterocycles. The van der Waals surface area contributed by atoms with Crippen molar-refractivity contribution in [2.75, 3.05) is 0 Å². The molecule has 206 valence electrons. The van der Waals surface area contributed by atoms with E-state index in [1.165, 1.54) is 0 Å². The largest absolute Gasteiger partial charge is 0.444 e. The zero-order valence-corrected chi connectivity index (χ0v) is 23.7. The maximum Gasteiger partial charge on any atom is 0.408 e. The van der Waals surface area contributed by atoms with Gasteiger partial charge in [0.05, 0.1) is 22.6 Å². The number of hydrogen-bond donors (Lipinski definition) is 1. The molecule has 0 atom stereocenters. The Bertz CT molecular complexity index is 1710. The number of benzene rings is 3. The van der Waals surface area contributed by atoms with Crippen LogP contribution in [0, 0.1) is 0 Å². The Hall–Kier alpha value is -4.71. The fourth-order valence-corrected chi connectivity index (χ4v) is 5.50. The van der Waals surface area contributed by atoms with Crippen LogP contribution >= 0.6 is 0 Å². The van der Waals surface area contributed by atoms with E-state index in [-0.39, 0.29) is 6.09 Å². The van der Waals surface area contributed by atoms with E-state index < -0.39 is 11.1 Å². The standard InChI is InChI=1S/C35H34N4O2/c1-5-29-31(25-15-10-7-11-16-25)37-32-36-30(28(23-39(29)32)24-13-8-6-9-14-24)26-17-19-27(20-18-26)35(21-12-22-35)38-33(40)41-34(2,3)4/h5-11,13-20,23H,1,12,21-22H2,2-4H3,(H,38,40). The smallest absolute Gasteiger partial charge is 0.408 e. The van der Waals surface area contributed by atoms with Gasteiger partial charge >= 0.3 is 6.09 Å². The molecule has 0 radical (unpaired) electrons. The lowest BCUT2D eigenvalue weighted by atomic mass is 9.71. The number of rotatable bonds is 6. The molecule has 0 spiro atoms. The minimum Gasteiger partial charge on any atom is -0.444 e. The zero-order valence-electron chi connectivity index (χ0n) is 23.7. The molecule has 1 fully saturated rings. The highest BCUT2D eigenvalue weighted by Crippen LogP contribution is 2.42. The van der Waals surface area contributed by atoms with Crippen LogP contribution in [0.25, 0.3) is 45.5 Å². The van der Waals surface area contributed by atoms with Gasteiger partial charge in [-0.1, -0.05) is 91.5 Å². The van der Waals surface area contributed by atoms with E-state index in [0.717, 1.165) is 64.2 Å². The minimum absolute atomic E-state index is 0.383. The average molecular weight is 543 g/mol. The van der Waals surface area contributed by atoms with Crippen molar-refractivity contribution in [3.05, 3.63) is 109 Å². The summed E-state index contributed by atoms with van der Waals surface area (Å²) in [7, 11) is 0. The third kappa shape index (κ3) is 5.13. The molecule has 0 saturated heterocycles. The van der Waals surface area contributed by atoms with Crippen LogP contribution in [0.1, 0.15) is 51.3 Å². The van der Waals surface area contributed by atoms with Gasteiger partial charge in [-0.25, -0.2) is 14.8 Å². The summed E-state index contributed by atoms with van der Waals surface area (Å²) in [5.41, 5.74) is 6.76. The summed E-state index contributed by atoms with van der Waals surface area (Å²) < 4.78 is 7.58. The van der Waals surface area contributed by atoms with Gasteiger partial charge in [0.1, 0.15) is 5.60 Å². The van der Waals surface area contributed by atoms with Gasteiger partial charge in [-0.05, 0) is 57.2 Å². The molecule has 6 heteroatoms. The Kier molecular flexibility index (Phi) is 6.70. The number of nitrogens with one attached hydrogen (secondary N) is 1. The van der Waals surface area contributed by atoms with Gasteiger partial charge in [-0.15, -0.1) is 0 Å². The van der Waals surface area contributed by atoms with Crippen LogP contribution in [-0.2, 0) is 10.3 Å². The fourth-order valence-electron chi connectivity index (χ4n) is 5.50. The molecule has 1 N–H and O–H groups in total. The number of nitrogens with zero attached hydrogens (tertiary/aromatic N) is 3. The molecule has 1 amide bonds. The zero-order chi connectivity index (χ0) is 28.6. The monoisotopic (exact) mass is 542 g/mol. The van der Waals surface area contributed by atoms with E-state index in [9.17, 15) is 4.79 Å². The minimum atomic E-state index is -0.546. The summed E-state index contributed by atoms with van der Waals surface area (Å²) >= 11 is 0. The molecule has 5 aromatic rings. The summed E-state index contributed by atoms with van der Waals surface area (Å²) in [6, 6.07) is 28.8. The number of carbonyl (C=O) groups excluding carboxylic acids is 1. The molecule has 6 rings (SSSR count). The highest BCUT2D eigenvalue weighted by Gasteiger charge is 2.41. The molecule has 0 unspecified atom stereocenters. The maximum atomic E-state index is 12.7. The first-order chi connectivity index (χ1) is 19.8. The van der Waals surface area contributed by atoms with Crippen LogP contribution in [-0.4, -0.2) is 26.1 Å². The molecule has 1 aliphatic carbocycles. The number of hydrogen-bond acceptors (Lipinski definition) is 4. The second-order valence-electron chi connectivity index (χ2n) is 11.6. The number of imidazole rings is 1. The second kappa shape index (κ2) is 10.4. The van der Waals surface area contributed by atoms with Crippen LogP contribution in [0.4, 0.5) is 4.79 Å². The number of ether oxygens (including phenoxy) is 1. The van der Waals surface area contributed by atoms with Crippen molar-refractivity contribution in [3.63, 3.8) is 0 Å². The van der Waals surface area contributed by atoms with Crippen LogP contribution in [0.3, 0.4) is 0 Å². The summed E-state index contributed by atoms with van der Waals surface area (Å²) in [6.45, 7) is 9.72. The summed E-state index contributed by atoms with van der Waals surface area (Å²) in [4.78, 5) is 22.7. The Balaban J connectivity index is 1.43. The molecule has 2 heterocycles. The Labute approximate surface area is 240 Å². The molecule has 3 aromatic carbocycles. The van der Waals surface area contributed by atoms with Gasteiger partial charge in [0.25, 0.3) is 0 Å². The Morgan fingerprint density at radius 3 is 2.02 bits per heavy atom. The van der Waals surface area contributed by atoms with Gasteiger partial charge in [0.15, 0.2) is 0 Å². The van der Waals surface area contributed by atoms with Crippen molar-refractivity contribution in [1.82, 2.24) is 19.7 Å². The fraction of sp³-hybridized carbons (Fsp3) is 0.229. The van der Waals surface area contributed by atoms with E-state index in [4.69, 9.17) is 14.7 Å². The van der Waals surface area contributed by atoms with Gasteiger partial charge in [0.2, 0.25) is 5.78 Å². The molecule has 1 aliphatic rings. The van der Waals surface area contributed by atoms with Crippen molar-refractivity contribution >= 4 is 17.9 Å². The first kappa shape index (κ1) is 26.5. The van der Waals surface area contributed by atoms with Crippen molar-refractivity contribution in [3.8, 4) is 33.6 Å². The Morgan fingerprint density at radius 2 is 1.46 bits per heavy atom. The van der Waals surface area contributed by atoms with Crippen LogP contribution in [0.2, 0.25) is 0 Å². The summed E-state index contributed by atoms with van der Waals surface area (Å²) in [5.74, 6) is 0.611. The predicted molar refractivity (Wildman–Crippen MR) is 164 cm³/mol. The lowest BCUT2D eigenvalue weighted by Gasteiger charge is -2.43. The molecular weight excluding hydrogens is 508 g/mol. The molecule has 41 heavy (non-hydrogen) atoms. The van der Waals surface area contributed by atoms with Crippen molar-refractivity contribution in [2.45, 2.75) is 51.2 Å². The van der Waals surface area contributed by atoms with Crippen LogP contribution < -0.4 is 5.32 Å². The van der Waals surface area contributed by atoms with E-state index >= 15 is 0 Å². The predicted octanol–water partition coefficient (Wildman–Crippen LogP) is 8.28. The summed E-state index contributed by atoms with van der Waals surface area (Å²) in [5, 5.41) is 3.15. The number of amides is 1. The lowest BCUT2D eigenvalue weighted by molar-refractivity contribution is 0.0377. The third-order valence-electron chi connectivity index (χ3n) is 7.64. The number of carbonyl (C=O) groups is 1. The van der Waals surface area contributed by atoms with Gasteiger partial charge in [-0.3, -0.25) is 4.40 Å². The molecule has 1 saturated carbocycles. The Morgan fingerprint density at radius 1 is 0.878 bits per heavy atom. The first-order valence-corrected chi connectivity index (χ1v) is 14.0. The molecule has 0 bridgehead atoms. The lowest BCUT2D eigenvalue weighted by Crippen LogP contribution is -2.52. The highest BCUT2D eigenvalue weighted by molar-refractivity contribution is 5.83. The first-order valence-electron chi connectivity index (χ1n) is 14.0. The number of fused-ring (bicyclic) bond motifs is 1. The quantitative estimate of drug-likeness (QED) is 0.234. The number of alkyl carbamates (subject to hydrolysis) is 1. The van der Waals surface area contributed by atoms with Crippen LogP contribution in [0.15, 0.2) is 97.7 Å². The van der Waals surface area contributed by atoms with Gasteiger partial charge in [-0.2, -0.15) is 0 Å². The molecular formula is C35H34N4O2. The average Bonchev–Trinajstić information content (AvgIpc) is 3.32. The molecule has 2 aromatic heterocycles. The summed E-state index contributed by atoms with van der Waals surface area (Å²) in [6.07, 6.45) is 6.38. The van der Waals surface area contributed by atoms with Crippen molar-refractivity contribution in [1.29, 1.82) is 0 Å². The van der Waals surface area contributed by atoms with E-state index in [1.54, 1.807) is 0 Å². The second-order valence-corrected chi connectivity index (χ2v) is 11.6. The van der Waals surface area contributed by atoms with E-state index in [2.05, 4.69) is 54.5 Å².